The van der Waals surface area contributed by atoms with Gasteiger partial charge in [-0.3, -0.25) is 0 Å². The molecule has 2 aliphatic rings. The van der Waals surface area contributed by atoms with Crippen molar-refractivity contribution < 1.29 is 18.3 Å². The third-order valence-corrected chi connectivity index (χ3v) is 9.44. The Kier molecular flexibility index (Phi) is 13.3. The first-order valence-corrected chi connectivity index (χ1v) is 18.1. The molecule has 1 fully saturated rings. The molecule has 5 nitrogen and oxygen atoms in total. The van der Waals surface area contributed by atoms with Crippen molar-refractivity contribution in [1.29, 1.82) is 0 Å². The molecule has 0 saturated heterocycles. The molecule has 5 rings (SSSR count). The summed E-state index contributed by atoms with van der Waals surface area (Å²) in [6, 6.07) is 11.8. The summed E-state index contributed by atoms with van der Waals surface area (Å²) in [4.78, 5) is 13.2. The van der Waals surface area contributed by atoms with Gasteiger partial charge in [0, 0.05) is 31.2 Å². The molecular weight excluding hydrogens is 580 g/mol. The Morgan fingerprint density at radius 1 is 0.739 bits per heavy atom. The Balaban J connectivity index is 1.04. The van der Waals surface area contributed by atoms with Crippen LogP contribution in [-0.2, 0) is 17.1 Å². The summed E-state index contributed by atoms with van der Waals surface area (Å²) in [7, 11) is 0. The number of hydrogen-bond acceptors (Lipinski definition) is 5. The van der Waals surface area contributed by atoms with Gasteiger partial charge in [-0.1, -0.05) is 108 Å². The fraction of sp³-hybridized carbons (Fsp3) is 0.615. The maximum atomic E-state index is 15.3. The van der Waals surface area contributed by atoms with Crippen LogP contribution in [0.4, 0.5) is 8.78 Å². The van der Waals surface area contributed by atoms with Gasteiger partial charge in [-0.2, -0.15) is 8.78 Å². The highest BCUT2D eigenvalue weighted by Crippen LogP contribution is 2.46. The molecule has 0 amide bonds. The van der Waals surface area contributed by atoms with Gasteiger partial charge in [0.1, 0.15) is 11.4 Å². The van der Waals surface area contributed by atoms with E-state index in [9.17, 15) is 0 Å². The average Bonchev–Trinajstić information content (AvgIpc) is 3.87. The van der Waals surface area contributed by atoms with E-state index in [-0.39, 0.29) is 17.9 Å². The highest BCUT2D eigenvalue weighted by Gasteiger charge is 2.52. The van der Waals surface area contributed by atoms with Crippen LogP contribution in [0.2, 0.25) is 0 Å². The predicted molar refractivity (Wildman–Crippen MR) is 181 cm³/mol. The van der Waals surface area contributed by atoms with E-state index in [4.69, 9.17) is 9.47 Å². The summed E-state index contributed by atoms with van der Waals surface area (Å²) in [5, 5.41) is 0. The first-order chi connectivity index (χ1) is 22.5. The predicted octanol–water partition coefficient (Wildman–Crippen LogP) is 10.9. The number of nitrogens with zero attached hydrogens (tertiary/aromatic N) is 3. The van der Waals surface area contributed by atoms with Crippen molar-refractivity contribution in [2.45, 2.75) is 135 Å². The second-order valence-corrected chi connectivity index (χ2v) is 13.4. The smallest absolute Gasteiger partial charge is 0.329 e. The first kappa shape index (κ1) is 34.4. The molecule has 3 aromatic rings. The lowest BCUT2D eigenvalue weighted by atomic mass is 10.0. The first-order valence-electron chi connectivity index (χ1n) is 18.1. The van der Waals surface area contributed by atoms with Crippen LogP contribution in [0, 0.1) is 5.92 Å². The van der Waals surface area contributed by atoms with Crippen molar-refractivity contribution in [3.63, 3.8) is 0 Å². The standard InChI is InChI=1S/C39H53F2N3O2/c1-2-3-4-13-26-45-27-14-12-17-36-39(40,41)37-35(46-36)25-24-34(44-37)38-42-28-33(29-43-38)32-22-20-31(21-23-32)16-11-9-7-5-6-8-10-15-30-18-19-30/h20-25,28-30,36H,2-19,26-27H2,1H3. The van der Waals surface area contributed by atoms with Gasteiger partial charge in [0.15, 0.2) is 17.6 Å². The van der Waals surface area contributed by atoms with Crippen LogP contribution in [-0.4, -0.2) is 34.3 Å². The molecule has 1 aromatic carbocycles. The van der Waals surface area contributed by atoms with E-state index in [2.05, 4.69) is 46.1 Å². The van der Waals surface area contributed by atoms with Gasteiger partial charge in [-0.05, 0) is 67.7 Å². The second kappa shape index (κ2) is 17.8. The van der Waals surface area contributed by atoms with E-state index in [1.165, 1.54) is 89.0 Å². The molecule has 1 unspecified atom stereocenters. The molecule has 1 aliphatic heterocycles. The molecule has 0 N–H and O–H groups in total. The summed E-state index contributed by atoms with van der Waals surface area (Å²) in [5.74, 6) is -1.63. The lowest BCUT2D eigenvalue weighted by molar-refractivity contribution is -0.0821. The van der Waals surface area contributed by atoms with E-state index < -0.39 is 12.0 Å². The zero-order chi connectivity index (χ0) is 32.0. The molecule has 0 bridgehead atoms. The molecule has 0 spiro atoms. The fourth-order valence-corrected chi connectivity index (χ4v) is 6.32. The molecule has 46 heavy (non-hydrogen) atoms. The van der Waals surface area contributed by atoms with Crippen molar-refractivity contribution in [3.05, 3.63) is 60.0 Å². The Morgan fingerprint density at radius 2 is 1.39 bits per heavy atom. The van der Waals surface area contributed by atoms with Gasteiger partial charge in [-0.15, -0.1) is 0 Å². The second-order valence-electron chi connectivity index (χ2n) is 13.4. The van der Waals surface area contributed by atoms with Gasteiger partial charge in [0.05, 0.1) is 0 Å². The zero-order valence-corrected chi connectivity index (χ0v) is 27.8. The topological polar surface area (TPSA) is 57.1 Å². The molecular formula is C39H53F2N3O2. The summed E-state index contributed by atoms with van der Waals surface area (Å²) in [6.45, 7) is 3.52. The van der Waals surface area contributed by atoms with Crippen LogP contribution in [0.15, 0.2) is 48.8 Å². The number of fused-ring (bicyclic) bond motifs is 1. The summed E-state index contributed by atoms with van der Waals surface area (Å²) in [5.41, 5.74) is 3.26. The quantitative estimate of drug-likeness (QED) is 0.103. The number of halogens is 2. The van der Waals surface area contributed by atoms with Crippen LogP contribution in [0.1, 0.15) is 127 Å². The van der Waals surface area contributed by atoms with Crippen LogP contribution >= 0.6 is 0 Å². The number of benzene rings is 1. The van der Waals surface area contributed by atoms with Gasteiger partial charge >= 0.3 is 5.92 Å². The van der Waals surface area contributed by atoms with Crippen LogP contribution in [0.3, 0.4) is 0 Å². The highest BCUT2D eigenvalue weighted by molar-refractivity contribution is 5.63. The van der Waals surface area contributed by atoms with Gasteiger partial charge < -0.3 is 9.47 Å². The normalized spacial score (nSPS) is 16.8. The number of ether oxygens (including phenoxy) is 2. The third kappa shape index (κ3) is 10.3. The fourth-order valence-electron chi connectivity index (χ4n) is 6.32. The molecule has 0 radical (unpaired) electrons. The molecule has 3 heterocycles. The Hall–Kier alpha value is -2.93. The van der Waals surface area contributed by atoms with Crippen LogP contribution in [0.5, 0.6) is 5.75 Å². The largest absolute Gasteiger partial charge is 0.482 e. The van der Waals surface area contributed by atoms with E-state index in [0.717, 1.165) is 42.9 Å². The third-order valence-electron chi connectivity index (χ3n) is 9.44. The number of unbranched alkanes of at least 4 members (excludes halogenated alkanes) is 10. The Labute approximate surface area is 275 Å². The highest BCUT2D eigenvalue weighted by atomic mass is 19.3. The summed E-state index contributed by atoms with van der Waals surface area (Å²) in [6.07, 6.45) is 23.5. The van der Waals surface area contributed by atoms with Crippen molar-refractivity contribution in [3.8, 4) is 28.4 Å². The molecule has 1 saturated carbocycles. The minimum atomic E-state index is -3.16. The Bertz CT molecular complexity index is 1310. The number of alkyl halides is 2. The minimum absolute atomic E-state index is 0.141. The van der Waals surface area contributed by atoms with Crippen molar-refractivity contribution in [2.24, 2.45) is 5.92 Å². The number of aromatic nitrogens is 3. The number of aryl methyl sites for hydroxylation is 1. The van der Waals surface area contributed by atoms with E-state index in [1.54, 1.807) is 24.5 Å². The lowest BCUT2D eigenvalue weighted by Gasteiger charge is -2.17. The van der Waals surface area contributed by atoms with Gasteiger partial charge in [0.25, 0.3) is 0 Å². The molecule has 250 valence electrons. The Morgan fingerprint density at radius 3 is 2.11 bits per heavy atom. The van der Waals surface area contributed by atoms with E-state index in [0.29, 0.717) is 24.5 Å². The van der Waals surface area contributed by atoms with E-state index in [1.807, 2.05) is 0 Å². The van der Waals surface area contributed by atoms with Crippen molar-refractivity contribution in [2.75, 3.05) is 13.2 Å². The van der Waals surface area contributed by atoms with Gasteiger partial charge in [0.2, 0.25) is 0 Å². The maximum Gasteiger partial charge on any atom is 0.329 e. The summed E-state index contributed by atoms with van der Waals surface area (Å²) < 4.78 is 41.9. The maximum absolute atomic E-state index is 15.3. The molecule has 1 atom stereocenters. The van der Waals surface area contributed by atoms with Crippen LogP contribution in [0.25, 0.3) is 22.6 Å². The van der Waals surface area contributed by atoms with Gasteiger partial charge in [-0.25, -0.2) is 15.0 Å². The van der Waals surface area contributed by atoms with Crippen molar-refractivity contribution >= 4 is 0 Å². The number of hydrogen-bond donors (Lipinski definition) is 0. The molecule has 2 aromatic heterocycles. The zero-order valence-electron chi connectivity index (χ0n) is 27.8. The number of pyridine rings is 1. The average molecular weight is 634 g/mol. The molecule has 7 heteroatoms. The molecule has 1 aliphatic carbocycles. The SMILES string of the molecule is CCCCCCOCCCCC1Oc2ccc(-c3ncc(-c4ccc(CCCCCCCCCC5CC5)cc4)cn3)nc2C1(F)F. The number of rotatable bonds is 22. The van der Waals surface area contributed by atoms with E-state index >= 15 is 8.78 Å². The minimum Gasteiger partial charge on any atom is -0.482 e. The summed E-state index contributed by atoms with van der Waals surface area (Å²) >= 11 is 0. The van der Waals surface area contributed by atoms with Crippen LogP contribution < -0.4 is 4.74 Å². The van der Waals surface area contributed by atoms with Crippen molar-refractivity contribution in [1.82, 2.24) is 15.0 Å². The lowest BCUT2D eigenvalue weighted by Crippen LogP contribution is -2.30. The monoisotopic (exact) mass is 633 g/mol.